The van der Waals surface area contributed by atoms with Crippen molar-refractivity contribution in [1.29, 1.82) is 5.26 Å². The molecule has 1 fully saturated rings. The Balaban J connectivity index is 2.26. The molecular weight excluding hydrogens is 248 g/mol. The Kier molecular flexibility index (Phi) is 3.74. The average Bonchev–Trinajstić information content (AvgIpc) is 2.81. The second-order valence-corrected chi connectivity index (χ2v) is 4.59. The van der Waals surface area contributed by atoms with Gasteiger partial charge in [-0.25, -0.2) is 0 Å². The van der Waals surface area contributed by atoms with Gasteiger partial charge in [0.1, 0.15) is 6.07 Å². The average molecular weight is 264 g/mol. The first-order valence-corrected chi connectivity index (χ1v) is 6.31. The van der Waals surface area contributed by atoms with Crippen LogP contribution in [0.25, 0.3) is 0 Å². The molecule has 2 heterocycles. The minimum Gasteiger partial charge on any atom is -0.466 e. The molecule has 2 aliphatic rings. The predicted molar refractivity (Wildman–Crippen MR) is 64.2 cm³/mol. The third-order valence-corrected chi connectivity index (χ3v) is 3.49. The van der Waals surface area contributed by atoms with Gasteiger partial charge in [0, 0.05) is 19.4 Å². The van der Waals surface area contributed by atoms with E-state index in [1.54, 1.807) is 11.8 Å². The summed E-state index contributed by atoms with van der Waals surface area (Å²) >= 11 is 0. The molecule has 0 spiro atoms. The number of fused-ring (bicyclic) bond motifs is 1. The molecule has 19 heavy (non-hydrogen) atoms. The summed E-state index contributed by atoms with van der Waals surface area (Å²) in [7, 11) is 0. The molecule has 0 bridgehead atoms. The number of likely N-dealkylation sites (tertiary alicyclic amines) is 1. The zero-order chi connectivity index (χ0) is 14.0. The number of hydrogen-bond donors (Lipinski definition) is 0. The zero-order valence-corrected chi connectivity index (χ0v) is 11.0. The molecule has 0 aliphatic carbocycles. The number of rotatable bonds is 2. The SMILES string of the molecule is CCOC(=O)[C@H]1C=C(C#N)O[C@@H]2[C@@H]1CCN2C(C)=O. The lowest BCUT2D eigenvalue weighted by molar-refractivity contribution is -0.155. The van der Waals surface area contributed by atoms with Gasteiger partial charge in [-0.1, -0.05) is 0 Å². The molecule has 1 saturated heterocycles. The maximum absolute atomic E-state index is 11.9. The molecule has 0 unspecified atom stereocenters. The van der Waals surface area contributed by atoms with Gasteiger partial charge in [0.2, 0.25) is 5.91 Å². The lowest BCUT2D eigenvalue weighted by Crippen LogP contribution is -2.43. The molecule has 102 valence electrons. The van der Waals surface area contributed by atoms with E-state index in [1.807, 2.05) is 6.07 Å². The molecule has 3 atom stereocenters. The molecule has 6 nitrogen and oxygen atoms in total. The van der Waals surface area contributed by atoms with Crippen molar-refractivity contribution in [2.24, 2.45) is 11.8 Å². The Morgan fingerprint density at radius 1 is 1.63 bits per heavy atom. The Hall–Kier alpha value is -2.03. The van der Waals surface area contributed by atoms with E-state index < -0.39 is 12.1 Å². The smallest absolute Gasteiger partial charge is 0.313 e. The summed E-state index contributed by atoms with van der Waals surface area (Å²) in [5.41, 5.74) is 0. The molecular formula is C13H16N2O4. The van der Waals surface area contributed by atoms with Crippen molar-refractivity contribution >= 4 is 11.9 Å². The number of carbonyl (C=O) groups excluding carboxylic acids is 2. The molecule has 0 aromatic carbocycles. The minimum absolute atomic E-state index is 0.0763. The van der Waals surface area contributed by atoms with Crippen molar-refractivity contribution in [2.75, 3.05) is 13.2 Å². The number of amides is 1. The van der Waals surface area contributed by atoms with Crippen LogP contribution in [0, 0.1) is 23.2 Å². The molecule has 0 saturated carbocycles. The van der Waals surface area contributed by atoms with Crippen LogP contribution in [0.1, 0.15) is 20.3 Å². The highest BCUT2D eigenvalue weighted by Gasteiger charge is 2.47. The first-order valence-electron chi connectivity index (χ1n) is 6.31. The second kappa shape index (κ2) is 5.31. The number of allylic oxidation sites excluding steroid dienone is 1. The Morgan fingerprint density at radius 2 is 2.37 bits per heavy atom. The number of nitriles is 1. The largest absolute Gasteiger partial charge is 0.466 e. The lowest BCUT2D eigenvalue weighted by Gasteiger charge is -2.33. The van der Waals surface area contributed by atoms with Crippen LogP contribution in [0.5, 0.6) is 0 Å². The quantitative estimate of drug-likeness (QED) is 0.689. The summed E-state index contributed by atoms with van der Waals surface area (Å²) in [4.78, 5) is 25.0. The molecule has 0 N–H and O–H groups in total. The summed E-state index contributed by atoms with van der Waals surface area (Å²) in [6, 6.07) is 1.90. The highest BCUT2D eigenvalue weighted by molar-refractivity contribution is 5.77. The fourth-order valence-corrected chi connectivity index (χ4v) is 2.63. The highest BCUT2D eigenvalue weighted by Crippen LogP contribution is 2.38. The van der Waals surface area contributed by atoms with Gasteiger partial charge in [-0.15, -0.1) is 0 Å². The van der Waals surface area contributed by atoms with E-state index in [0.717, 1.165) is 0 Å². The number of carbonyl (C=O) groups is 2. The van der Waals surface area contributed by atoms with E-state index in [0.29, 0.717) is 19.6 Å². The summed E-state index contributed by atoms with van der Waals surface area (Å²) in [6.07, 6.45) is 1.64. The Labute approximate surface area is 111 Å². The number of nitrogens with zero attached hydrogens (tertiary/aromatic N) is 2. The fraction of sp³-hybridized carbons (Fsp3) is 0.615. The van der Waals surface area contributed by atoms with Crippen LogP contribution in [0.2, 0.25) is 0 Å². The zero-order valence-electron chi connectivity index (χ0n) is 11.0. The van der Waals surface area contributed by atoms with Crippen molar-refractivity contribution in [3.8, 4) is 6.07 Å². The molecule has 0 aromatic rings. The molecule has 2 rings (SSSR count). The van der Waals surface area contributed by atoms with Crippen LogP contribution < -0.4 is 0 Å². The van der Waals surface area contributed by atoms with Crippen LogP contribution in [-0.2, 0) is 19.1 Å². The van der Waals surface area contributed by atoms with Crippen LogP contribution in [0.3, 0.4) is 0 Å². The second-order valence-electron chi connectivity index (χ2n) is 4.59. The van der Waals surface area contributed by atoms with E-state index in [1.165, 1.54) is 13.0 Å². The molecule has 6 heteroatoms. The number of hydrogen-bond acceptors (Lipinski definition) is 5. The first kappa shape index (κ1) is 13.4. The van der Waals surface area contributed by atoms with Gasteiger partial charge >= 0.3 is 5.97 Å². The van der Waals surface area contributed by atoms with Crippen molar-refractivity contribution in [2.45, 2.75) is 26.5 Å². The van der Waals surface area contributed by atoms with Gasteiger partial charge in [0.05, 0.1) is 12.5 Å². The maximum atomic E-state index is 11.9. The van der Waals surface area contributed by atoms with Gasteiger partial charge in [0.15, 0.2) is 12.0 Å². The first-order chi connectivity index (χ1) is 9.08. The van der Waals surface area contributed by atoms with E-state index >= 15 is 0 Å². The van der Waals surface area contributed by atoms with E-state index in [-0.39, 0.29) is 23.6 Å². The number of ether oxygens (including phenoxy) is 2. The van der Waals surface area contributed by atoms with Crippen LogP contribution in [0.4, 0.5) is 0 Å². The van der Waals surface area contributed by atoms with Gasteiger partial charge in [-0.3, -0.25) is 9.59 Å². The van der Waals surface area contributed by atoms with Crippen LogP contribution in [-0.4, -0.2) is 36.2 Å². The third kappa shape index (κ3) is 2.41. The topological polar surface area (TPSA) is 79.6 Å². The third-order valence-electron chi connectivity index (χ3n) is 3.49. The van der Waals surface area contributed by atoms with E-state index in [4.69, 9.17) is 14.7 Å². The molecule has 0 aromatic heterocycles. The molecule has 1 amide bonds. The van der Waals surface area contributed by atoms with Crippen LogP contribution >= 0.6 is 0 Å². The lowest BCUT2D eigenvalue weighted by atomic mass is 9.88. The predicted octanol–water partition coefficient (Wildman–Crippen LogP) is 0.798. The summed E-state index contributed by atoms with van der Waals surface area (Å²) in [5.74, 6) is -1.06. The summed E-state index contributed by atoms with van der Waals surface area (Å²) in [5, 5.41) is 8.97. The van der Waals surface area contributed by atoms with Crippen molar-refractivity contribution < 1.29 is 19.1 Å². The minimum atomic E-state index is -0.536. The molecule has 0 radical (unpaired) electrons. The van der Waals surface area contributed by atoms with Crippen LogP contribution in [0.15, 0.2) is 11.8 Å². The highest BCUT2D eigenvalue weighted by atomic mass is 16.5. The summed E-state index contributed by atoms with van der Waals surface area (Å²) in [6.45, 7) is 4.02. The van der Waals surface area contributed by atoms with Gasteiger partial charge in [-0.2, -0.15) is 5.26 Å². The van der Waals surface area contributed by atoms with Gasteiger partial charge in [0.25, 0.3) is 0 Å². The maximum Gasteiger partial charge on any atom is 0.313 e. The Morgan fingerprint density at radius 3 is 2.95 bits per heavy atom. The Bertz CT molecular complexity index is 466. The summed E-state index contributed by atoms with van der Waals surface area (Å²) < 4.78 is 10.5. The van der Waals surface area contributed by atoms with Crippen molar-refractivity contribution in [1.82, 2.24) is 4.90 Å². The van der Waals surface area contributed by atoms with Gasteiger partial charge in [-0.05, 0) is 19.4 Å². The monoisotopic (exact) mass is 264 g/mol. The van der Waals surface area contributed by atoms with Crippen molar-refractivity contribution in [3.05, 3.63) is 11.8 Å². The van der Waals surface area contributed by atoms with E-state index in [9.17, 15) is 9.59 Å². The number of esters is 1. The van der Waals surface area contributed by atoms with Crippen molar-refractivity contribution in [3.63, 3.8) is 0 Å². The van der Waals surface area contributed by atoms with Gasteiger partial charge < -0.3 is 14.4 Å². The van der Waals surface area contributed by atoms with E-state index in [2.05, 4.69) is 0 Å². The standard InChI is InChI=1S/C13H16N2O4/c1-3-18-13(17)11-6-9(7-14)19-12-10(11)4-5-15(12)8(2)16/h6,10-12H,3-5H2,1-2H3/t10-,11+,12-/m1/s1. The normalized spacial score (nSPS) is 28.8. The fourth-order valence-electron chi connectivity index (χ4n) is 2.63. The molecule has 2 aliphatic heterocycles.